The zero-order valence-corrected chi connectivity index (χ0v) is 28.0. The molecule has 5 aromatic rings. The molecule has 3 aromatic carbocycles. The maximum Gasteiger partial charge on any atom is 0.522 e. The number of aryl methyl sites for hydroxylation is 1. The third-order valence-electron chi connectivity index (χ3n) is 10.1. The maximum absolute atomic E-state index is 14.0. The van der Waals surface area contributed by atoms with Crippen LogP contribution in [-0.2, 0) is 16.7 Å². The second kappa shape index (κ2) is 14.2. The summed E-state index contributed by atoms with van der Waals surface area (Å²) in [6.07, 6.45) is -0.527. The molecule has 2 saturated heterocycles. The number of anilines is 1. The van der Waals surface area contributed by atoms with E-state index in [0.29, 0.717) is 31.1 Å². The highest BCUT2D eigenvalue weighted by Gasteiger charge is 2.42. The van der Waals surface area contributed by atoms with Gasteiger partial charge in [-0.2, -0.15) is 0 Å². The fraction of sp³-hybridized carbons (Fsp3) is 0.417. The van der Waals surface area contributed by atoms with Crippen molar-refractivity contribution in [3.63, 3.8) is 0 Å². The smallest absolute Gasteiger partial charge is 0.341 e. The van der Waals surface area contributed by atoms with E-state index in [2.05, 4.69) is 54.3 Å². The van der Waals surface area contributed by atoms with Gasteiger partial charge in [0.2, 0.25) is 5.95 Å². The SMILES string of the molecule is Cc1ccc(-n2cnnn2)cc1C(=O)N1CCC(CCN2CCCN(c3nc4ccccc4n3CCOC(F)(F)F)CC2)(c2ccccc2)C1. The first-order chi connectivity index (χ1) is 24.2. The molecular formula is C36H40F3N9O2. The number of fused-ring (bicyclic) bond motifs is 1. The van der Waals surface area contributed by atoms with Gasteiger partial charge in [0.05, 0.1) is 23.3 Å². The summed E-state index contributed by atoms with van der Waals surface area (Å²) in [6, 6.07) is 23.7. The van der Waals surface area contributed by atoms with Crippen molar-refractivity contribution in [3.05, 3.63) is 95.8 Å². The summed E-state index contributed by atoms with van der Waals surface area (Å²) >= 11 is 0. The van der Waals surface area contributed by atoms with Crippen LogP contribution >= 0.6 is 0 Å². The van der Waals surface area contributed by atoms with Gasteiger partial charge in [0.15, 0.2) is 0 Å². The summed E-state index contributed by atoms with van der Waals surface area (Å²) in [4.78, 5) is 25.5. The summed E-state index contributed by atoms with van der Waals surface area (Å²) in [5.41, 5.74) is 4.86. The maximum atomic E-state index is 14.0. The van der Waals surface area contributed by atoms with Crippen LogP contribution < -0.4 is 4.90 Å². The Labute approximate surface area is 288 Å². The highest BCUT2D eigenvalue weighted by Crippen LogP contribution is 2.39. The lowest BCUT2D eigenvalue weighted by Gasteiger charge is -2.33. The monoisotopic (exact) mass is 687 g/mol. The van der Waals surface area contributed by atoms with Crippen LogP contribution in [0.25, 0.3) is 16.7 Å². The van der Waals surface area contributed by atoms with Gasteiger partial charge in [-0.1, -0.05) is 48.5 Å². The quantitative estimate of drug-likeness (QED) is 0.197. The van der Waals surface area contributed by atoms with Gasteiger partial charge in [-0.25, -0.2) is 9.67 Å². The van der Waals surface area contributed by atoms with Crippen molar-refractivity contribution in [1.82, 2.24) is 39.6 Å². The molecule has 1 unspecified atom stereocenters. The van der Waals surface area contributed by atoms with Crippen molar-refractivity contribution in [3.8, 4) is 5.69 Å². The molecule has 262 valence electrons. The topological polar surface area (TPSA) is 97.4 Å². The minimum Gasteiger partial charge on any atom is -0.341 e. The molecule has 14 heteroatoms. The standard InChI is InChI=1S/C36H40F3N9O2/c1-27-12-13-29(48-26-40-42-43-48)24-30(27)33(49)46-19-15-35(25-46,28-8-3-2-4-9-28)14-18-44-16-7-17-45(21-20-44)34-41-31-10-5-6-11-32(31)47(34)22-23-50-36(37,38)39/h2-6,8-13,24,26H,7,14-23,25H2,1H3. The molecule has 0 bridgehead atoms. The molecule has 2 aliphatic heterocycles. The normalized spacial score (nSPS) is 19.0. The number of aromatic nitrogens is 6. The van der Waals surface area contributed by atoms with Crippen molar-refractivity contribution >= 4 is 22.9 Å². The minimum atomic E-state index is -4.68. The molecule has 0 radical (unpaired) electrons. The van der Waals surface area contributed by atoms with Crippen molar-refractivity contribution in [2.24, 2.45) is 0 Å². The Balaban J connectivity index is 1.05. The molecule has 4 heterocycles. The number of alkyl halides is 3. The molecule has 0 N–H and O–H groups in total. The Hall–Kier alpha value is -4.82. The third-order valence-corrected chi connectivity index (χ3v) is 10.1. The molecule has 7 rings (SSSR count). The Morgan fingerprint density at radius 3 is 2.56 bits per heavy atom. The fourth-order valence-corrected chi connectivity index (χ4v) is 7.40. The molecular weight excluding hydrogens is 647 g/mol. The Morgan fingerprint density at radius 1 is 0.940 bits per heavy atom. The van der Waals surface area contributed by atoms with E-state index in [9.17, 15) is 18.0 Å². The highest BCUT2D eigenvalue weighted by molar-refractivity contribution is 5.96. The third kappa shape index (κ3) is 7.22. The zero-order chi connectivity index (χ0) is 34.7. The number of amides is 1. The first kappa shape index (κ1) is 33.7. The summed E-state index contributed by atoms with van der Waals surface area (Å²) in [5.74, 6) is 0.674. The molecule has 1 amide bonds. The van der Waals surface area contributed by atoms with E-state index < -0.39 is 13.0 Å². The molecule has 50 heavy (non-hydrogen) atoms. The molecule has 2 fully saturated rings. The van der Waals surface area contributed by atoms with E-state index in [1.165, 1.54) is 11.9 Å². The van der Waals surface area contributed by atoms with Gasteiger partial charge in [-0.3, -0.25) is 9.53 Å². The predicted molar refractivity (Wildman–Crippen MR) is 182 cm³/mol. The van der Waals surface area contributed by atoms with Gasteiger partial charge in [-0.15, -0.1) is 18.3 Å². The Kier molecular flexibility index (Phi) is 9.56. The predicted octanol–water partition coefficient (Wildman–Crippen LogP) is 5.24. The van der Waals surface area contributed by atoms with Crippen LogP contribution in [0.1, 0.15) is 40.7 Å². The van der Waals surface area contributed by atoms with E-state index in [-0.39, 0.29) is 17.9 Å². The first-order valence-corrected chi connectivity index (χ1v) is 17.0. The molecule has 0 spiro atoms. The molecule has 0 aliphatic carbocycles. The van der Waals surface area contributed by atoms with E-state index in [4.69, 9.17) is 4.98 Å². The van der Waals surface area contributed by atoms with Crippen LogP contribution in [0, 0.1) is 6.92 Å². The number of rotatable bonds is 10. The van der Waals surface area contributed by atoms with Gasteiger partial charge >= 0.3 is 6.36 Å². The van der Waals surface area contributed by atoms with Crippen molar-refractivity contribution in [2.45, 2.75) is 44.5 Å². The molecule has 2 aliphatic rings. The van der Waals surface area contributed by atoms with Crippen LogP contribution in [0.15, 0.2) is 79.1 Å². The molecule has 1 atom stereocenters. The molecule has 11 nitrogen and oxygen atoms in total. The number of ether oxygens (including phenoxy) is 1. The van der Waals surface area contributed by atoms with Gasteiger partial charge in [0.1, 0.15) is 6.33 Å². The van der Waals surface area contributed by atoms with Crippen molar-refractivity contribution < 1.29 is 22.7 Å². The van der Waals surface area contributed by atoms with Crippen molar-refractivity contribution in [2.75, 3.05) is 57.3 Å². The van der Waals surface area contributed by atoms with E-state index >= 15 is 0 Å². The number of carbonyl (C=O) groups is 1. The van der Waals surface area contributed by atoms with Crippen LogP contribution in [0.2, 0.25) is 0 Å². The van der Waals surface area contributed by atoms with E-state index in [0.717, 1.165) is 67.7 Å². The highest BCUT2D eigenvalue weighted by atomic mass is 19.4. The number of hydrogen-bond acceptors (Lipinski definition) is 8. The van der Waals surface area contributed by atoms with Crippen LogP contribution in [0.5, 0.6) is 0 Å². The lowest BCUT2D eigenvalue weighted by atomic mass is 9.76. The Bertz CT molecular complexity index is 1920. The number of carbonyl (C=O) groups excluding carboxylic acids is 1. The number of benzene rings is 3. The number of hydrogen-bond donors (Lipinski definition) is 0. The Morgan fingerprint density at radius 2 is 1.76 bits per heavy atom. The second-order valence-corrected chi connectivity index (χ2v) is 13.2. The second-order valence-electron chi connectivity index (χ2n) is 13.2. The van der Waals surface area contributed by atoms with Crippen LogP contribution in [0.4, 0.5) is 19.1 Å². The lowest BCUT2D eigenvalue weighted by Crippen LogP contribution is -2.39. The minimum absolute atomic E-state index is 0.00386. The summed E-state index contributed by atoms with van der Waals surface area (Å²) < 4.78 is 45.9. The fourth-order valence-electron chi connectivity index (χ4n) is 7.40. The number of nitrogens with zero attached hydrogens (tertiary/aromatic N) is 9. The summed E-state index contributed by atoms with van der Waals surface area (Å²) in [7, 11) is 0. The average Bonchev–Trinajstić information content (AvgIpc) is 3.85. The number of tetrazole rings is 1. The molecule has 2 aromatic heterocycles. The number of imidazole rings is 1. The largest absolute Gasteiger partial charge is 0.522 e. The molecule has 0 saturated carbocycles. The lowest BCUT2D eigenvalue weighted by molar-refractivity contribution is -0.325. The van der Waals surface area contributed by atoms with Crippen LogP contribution in [-0.4, -0.2) is 104 Å². The number of halogens is 3. The summed E-state index contributed by atoms with van der Waals surface area (Å²) in [5, 5.41) is 11.4. The average molecular weight is 688 g/mol. The zero-order valence-electron chi connectivity index (χ0n) is 28.0. The number of para-hydroxylation sites is 2. The van der Waals surface area contributed by atoms with Gasteiger partial charge < -0.3 is 19.3 Å². The van der Waals surface area contributed by atoms with Gasteiger partial charge in [-0.05, 0) is 85.1 Å². The number of likely N-dealkylation sites (tertiary alicyclic amines) is 1. The van der Waals surface area contributed by atoms with E-state index in [1.54, 1.807) is 4.68 Å². The van der Waals surface area contributed by atoms with Gasteiger partial charge in [0, 0.05) is 50.2 Å². The van der Waals surface area contributed by atoms with E-state index in [1.807, 2.05) is 64.9 Å². The van der Waals surface area contributed by atoms with Gasteiger partial charge in [0.25, 0.3) is 5.91 Å². The van der Waals surface area contributed by atoms with Crippen LogP contribution in [0.3, 0.4) is 0 Å². The first-order valence-electron chi connectivity index (χ1n) is 17.0. The van der Waals surface area contributed by atoms with Crippen molar-refractivity contribution in [1.29, 1.82) is 0 Å². The summed E-state index contributed by atoms with van der Waals surface area (Å²) in [6.45, 7) is 6.77.